The van der Waals surface area contributed by atoms with Crippen molar-refractivity contribution in [3.8, 4) is 0 Å². The molecule has 0 aromatic heterocycles. The molecule has 1 amide bonds. The van der Waals surface area contributed by atoms with Crippen LogP contribution in [-0.4, -0.2) is 38.6 Å². The van der Waals surface area contributed by atoms with Gasteiger partial charge in [0.15, 0.2) is 0 Å². The maximum atomic E-state index is 14.2. The molecule has 35 heavy (non-hydrogen) atoms. The molecule has 5 atom stereocenters. The lowest BCUT2D eigenvalue weighted by atomic mass is 9.66. The second-order valence-corrected chi connectivity index (χ2v) is 11.5. The molecular formula is C28H35Cl2NO4. The molecule has 0 spiro atoms. The zero-order valence-electron chi connectivity index (χ0n) is 21.0. The minimum absolute atomic E-state index is 0.207. The van der Waals surface area contributed by atoms with Crippen LogP contribution in [0.25, 0.3) is 0 Å². The lowest BCUT2D eigenvalue weighted by Crippen LogP contribution is -2.59. The lowest BCUT2D eigenvalue weighted by molar-refractivity contribution is -0.164. The largest absolute Gasteiger partial charge is 0.481 e. The van der Waals surface area contributed by atoms with E-state index in [-0.39, 0.29) is 36.2 Å². The molecule has 0 radical (unpaired) electrons. The van der Waals surface area contributed by atoms with Crippen molar-refractivity contribution in [2.24, 2.45) is 11.3 Å². The number of carbonyl (C=O) groups is 2. The van der Waals surface area contributed by atoms with Crippen LogP contribution >= 0.6 is 23.2 Å². The maximum Gasteiger partial charge on any atom is 0.304 e. The number of carboxylic acids is 1. The van der Waals surface area contributed by atoms with Crippen LogP contribution in [0.3, 0.4) is 0 Å². The highest BCUT2D eigenvalue weighted by atomic mass is 35.5. The predicted molar refractivity (Wildman–Crippen MR) is 140 cm³/mol. The third kappa shape index (κ3) is 5.84. The summed E-state index contributed by atoms with van der Waals surface area (Å²) in [6.45, 7) is 9.18. The Morgan fingerprint density at radius 3 is 2.29 bits per heavy atom. The SMILES string of the molecule is CCC(C(C)C(C)(C)O)N1C(=O)[C@@](C)(CC(=O)O)CC(c2cccc(Cl)c2)C1c1ccc(Cl)cc1. The van der Waals surface area contributed by atoms with E-state index < -0.39 is 17.0 Å². The quantitative estimate of drug-likeness (QED) is 0.405. The number of benzene rings is 2. The summed E-state index contributed by atoms with van der Waals surface area (Å²) in [4.78, 5) is 28.0. The number of amides is 1. The molecule has 7 heteroatoms. The summed E-state index contributed by atoms with van der Waals surface area (Å²) in [5, 5.41) is 21.8. The van der Waals surface area contributed by atoms with Crippen LogP contribution in [0.1, 0.15) is 77.0 Å². The summed E-state index contributed by atoms with van der Waals surface area (Å²) in [6.07, 6.45) is 0.683. The van der Waals surface area contributed by atoms with E-state index in [1.165, 1.54) is 0 Å². The topological polar surface area (TPSA) is 77.8 Å². The van der Waals surface area contributed by atoms with Gasteiger partial charge in [0.2, 0.25) is 5.91 Å². The van der Waals surface area contributed by atoms with E-state index >= 15 is 0 Å². The minimum atomic E-state index is -1.12. The van der Waals surface area contributed by atoms with Crippen molar-refractivity contribution in [3.05, 3.63) is 69.7 Å². The summed E-state index contributed by atoms with van der Waals surface area (Å²) in [7, 11) is 0. The smallest absolute Gasteiger partial charge is 0.304 e. The van der Waals surface area contributed by atoms with Gasteiger partial charge in [-0.1, -0.05) is 68.2 Å². The average molecular weight is 520 g/mol. The number of rotatable bonds is 8. The van der Waals surface area contributed by atoms with Crippen molar-refractivity contribution in [2.45, 2.75) is 77.5 Å². The van der Waals surface area contributed by atoms with Crippen molar-refractivity contribution in [1.29, 1.82) is 0 Å². The van der Waals surface area contributed by atoms with Gasteiger partial charge in [0.05, 0.1) is 23.5 Å². The van der Waals surface area contributed by atoms with E-state index in [0.29, 0.717) is 22.9 Å². The summed E-state index contributed by atoms with van der Waals surface area (Å²) in [6, 6.07) is 14.3. The van der Waals surface area contributed by atoms with Gasteiger partial charge < -0.3 is 15.1 Å². The Labute approximate surface area is 218 Å². The normalized spacial score (nSPS) is 24.8. The van der Waals surface area contributed by atoms with Crippen molar-refractivity contribution >= 4 is 35.1 Å². The van der Waals surface area contributed by atoms with E-state index in [0.717, 1.165) is 11.1 Å². The third-order valence-electron chi connectivity index (χ3n) is 7.60. The first-order chi connectivity index (χ1) is 16.3. The van der Waals surface area contributed by atoms with Gasteiger partial charge in [-0.3, -0.25) is 9.59 Å². The molecule has 1 aliphatic rings. The Hall–Kier alpha value is -2.08. The molecule has 2 N–H and O–H groups in total. The summed E-state index contributed by atoms with van der Waals surface area (Å²) in [5.41, 5.74) is -0.310. The van der Waals surface area contributed by atoms with E-state index in [2.05, 4.69) is 0 Å². The molecule has 1 saturated heterocycles. The molecule has 5 nitrogen and oxygen atoms in total. The highest BCUT2D eigenvalue weighted by Crippen LogP contribution is 2.53. The molecule has 0 aliphatic carbocycles. The number of halogens is 2. The Morgan fingerprint density at radius 1 is 1.14 bits per heavy atom. The predicted octanol–water partition coefficient (Wildman–Crippen LogP) is 6.72. The summed E-state index contributed by atoms with van der Waals surface area (Å²) < 4.78 is 0. The number of aliphatic hydroxyl groups is 1. The van der Waals surface area contributed by atoms with Crippen molar-refractivity contribution < 1.29 is 19.8 Å². The number of hydrogen-bond acceptors (Lipinski definition) is 3. The first kappa shape index (κ1) is 27.5. The van der Waals surface area contributed by atoms with Gasteiger partial charge in [-0.2, -0.15) is 0 Å². The Bertz CT molecular complexity index is 1070. The number of aliphatic carboxylic acids is 1. The van der Waals surface area contributed by atoms with Gasteiger partial charge in [-0.05, 0) is 62.1 Å². The molecule has 190 valence electrons. The Morgan fingerprint density at radius 2 is 1.77 bits per heavy atom. The van der Waals surface area contributed by atoms with Gasteiger partial charge in [0.25, 0.3) is 0 Å². The first-order valence-corrected chi connectivity index (χ1v) is 12.8. The first-order valence-electron chi connectivity index (χ1n) is 12.1. The van der Waals surface area contributed by atoms with Crippen LogP contribution in [0.5, 0.6) is 0 Å². The molecule has 4 unspecified atom stereocenters. The third-order valence-corrected chi connectivity index (χ3v) is 8.09. The van der Waals surface area contributed by atoms with Crippen LogP contribution < -0.4 is 0 Å². The fourth-order valence-corrected chi connectivity index (χ4v) is 5.83. The fourth-order valence-electron chi connectivity index (χ4n) is 5.51. The van der Waals surface area contributed by atoms with E-state index in [1.54, 1.807) is 39.0 Å². The zero-order chi connectivity index (χ0) is 26.1. The monoisotopic (exact) mass is 519 g/mol. The molecule has 2 aromatic carbocycles. The van der Waals surface area contributed by atoms with Crippen molar-refractivity contribution in [3.63, 3.8) is 0 Å². The van der Waals surface area contributed by atoms with Crippen molar-refractivity contribution in [2.75, 3.05) is 0 Å². The fraction of sp³-hybridized carbons (Fsp3) is 0.500. The van der Waals surface area contributed by atoms with Crippen LogP contribution in [-0.2, 0) is 9.59 Å². The minimum Gasteiger partial charge on any atom is -0.481 e. The van der Waals surface area contributed by atoms with Crippen LogP contribution in [0, 0.1) is 11.3 Å². The summed E-state index contributed by atoms with van der Waals surface area (Å²) >= 11 is 12.6. The van der Waals surface area contributed by atoms with Gasteiger partial charge in [-0.25, -0.2) is 0 Å². The van der Waals surface area contributed by atoms with Crippen LogP contribution in [0.15, 0.2) is 48.5 Å². The van der Waals surface area contributed by atoms with Gasteiger partial charge in [0.1, 0.15) is 0 Å². The standard InChI is InChI=1S/C28H35Cl2NO4/c1-6-23(17(2)27(3,4)35)31-25(18-10-12-20(29)13-11-18)22(19-8-7-9-21(30)14-19)15-28(5,26(31)34)16-24(32)33/h7-14,17,22-23,25,35H,6,15-16H2,1-5H3,(H,32,33)/t17?,22?,23?,25?,28-/m1/s1. The molecule has 1 heterocycles. The van der Waals surface area contributed by atoms with Gasteiger partial charge >= 0.3 is 5.97 Å². The summed E-state index contributed by atoms with van der Waals surface area (Å²) in [5.74, 6) is -1.70. The number of carbonyl (C=O) groups excluding carboxylic acids is 1. The second-order valence-electron chi connectivity index (χ2n) is 10.6. The average Bonchev–Trinajstić information content (AvgIpc) is 2.76. The number of likely N-dealkylation sites (tertiary alicyclic amines) is 1. The van der Waals surface area contributed by atoms with Crippen LogP contribution in [0.4, 0.5) is 0 Å². The number of carboxylic acid groups (broad SMARTS) is 1. The van der Waals surface area contributed by atoms with E-state index in [1.807, 2.05) is 49.1 Å². The Balaban J connectivity index is 2.28. The molecule has 1 aliphatic heterocycles. The Kier molecular flexibility index (Phi) is 8.25. The molecule has 0 bridgehead atoms. The van der Waals surface area contributed by atoms with E-state index in [4.69, 9.17) is 23.2 Å². The number of hydrogen-bond donors (Lipinski definition) is 2. The zero-order valence-corrected chi connectivity index (χ0v) is 22.5. The van der Waals surface area contributed by atoms with Gasteiger partial charge in [0, 0.05) is 27.9 Å². The highest BCUT2D eigenvalue weighted by Gasteiger charge is 2.53. The number of nitrogens with zero attached hydrogens (tertiary/aromatic N) is 1. The molecule has 2 aromatic rings. The van der Waals surface area contributed by atoms with Gasteiger partial charge in [-0.15, -0.1) is 0 Å². The lowest BCUT2D eigenvalue weighted by Gasteiger charge is -2.54. The molecular weight excluding hydrogens is 485 g/mol. The van der Waals surface area contributed by atoms with Crippen LogP contribution in [0.2, 0.25) is 10.0 Å². The van der Waals surface area contributed by atoms with Crippen molar-refractivity contribution in [1.82, 2.24) is 4.90 Å². The van der Waals surface area contributed by atoms with E-state index in [9.17, 15) is 19.8 Å². The number of piperidine rings is 1. The molecule has 1 fully saturated rings. The molecule has 0 saturated carbocycles. The highest BCUT2D eigenvalue weighted by molar-refractivity contribution is 6.30. The molecule has 3 rings (SSSR count). The second kappa shape index (κ2) is 10.5. The maximum absolute atomic E-state index is 14.2.